The first-order valence-corrected chi connectivity index (χ1v) is 8.82. The highest BCUT2D eigenvalue weighted by molar-refractivity contribution is 6.32. The Bertz CT molecular complexity index is 847. The lowest BCUT2D eigenvalue weighted by Gasteiger charge is -2.12. The van der Waals surface area contributed by atoms with Crippen LogP contribution in [0.1, 0.15) is 16.7 Å². The molecule has 0 aromatic heterocycles. The summed E-state index contributed by atoms with van der Waals surface area (Å²) in [4.78, 5) is 0. The van der Waals surface area contributed by atoms with Crippen LogP contribution in [0.25, 0.3) is 0 Å². The molecule has 0 atom stereocenters. The molecule has 0 amide bonds. The summed E-state index contributed by atoms with van der Waals surface area (Å²) >= 11 is 12.2. The van der Waals surface area contributed by atoms with Crippen LogP contribution in [0.2, 0.25) is 10.0 Å². The van der Waals surface area contributed by atoms with Gasteiger partial charge in [-0.05, 0) is 53.9 Å². The zero-order valence-electron chi connectivity index (χ0n) is 13.9. The molecule has 3 aromatic rings. The average Bonchev–Trinajstić information content (AvgIpc) is 2.62. The third kappa shape index (κ3) is 4.91. The Balaban J connectivity index is 1.60. The van der Waals surface area contributed by atoms with E-state index in [1.165, 1.54) is 5.56 Å². The van der Waals surface area contributed by atoms with Crippen LogP contribution in [0.5, 0.6) is 5.75 Å². The molecule has 2 nitrogen and oxygen atoms in total. The van der Waals surface area contributed by atoms with Crippen molar-refractivity contribution in [3.05, 3.63) is 93.5 Å². The fraction of sp³-hybridized carbons (Fsp3) is 0.143. The lowest BCUT2D eigenvalue weighted by molar-refractivity contribution is 0.306. The van der Waals surface area contributed by atoms with Crippen LogP contribution >= 0.6 is 23.2 Å². The van der Waals surface area contributed by atoms with Gasteiger partial charge in [0.05, 0.1) is 5.02 Å². The molecular formula is C21H19Cl2NO. The Morgan fingerprint density at radius 3 is 2.32 bits per heavy atom. The summed E-state index contributed by atoms with van der Waals surface area (Å²) in [7, 11) is 0. The summed E-state index contributed by atoms with van der Waals surface area (Å²) < 4.78 is 5.80. The van der Waals surface area contributed by atoms with Gasteiger partial charge in [-0.3, -0.25) is 0 Å². The van der Waals surface area contributed by atoms with Crippen LogP contribution in [0, 0.1) is 6.92 Å². The van der Waals surface area contributed by atoms with Gasteiger partial charge in [-0.25, -0.2) is 0 Å². The van der Waals surface area contributed by atoms with E-state index < -0.39 is 0 Å². The van der Waals surface area contributed by atoms with E-state index in [1.54, 1.807) is 0 Å². The van der Waals surface area contributed by atoms with Crippen molar-refractivity contribution in [3.8, 4) is 5.75 Å². The number of hydrogen-bond donors (Lipinski definition) is 1. The number of rotatable bonds is 6. The molecule has 0 unspecified atom stereocenters. The monoisotopic (exact) mass is 371 g/mol. The van der Waals surface area contributed by atoms with Crippen molar-refractivity contribution in [1.29, 1.82) is 0 Å². The average molecular weight is 372 g/mol. The molecule has 25 heavy (non-hydrogen) atoms. The highest BCUT2D eigenvalue weighted by atomic mass is 35.5. The summed E-state index contributed by atoms with van der Waals surface area (Å²) in [6, 6.07) is 21.7. The van der Waals surface area contributed by atoms with Crippen molar-refractivity contribution in [3.63, 3.8) is 0 Å². The maximum atomic E-state index is 6.36. The number of para-hydroxylation sites is 1. The van der Waals surface area contributed by atoms with Crippen LogP contribution < -0.4 is 10.1 Å². The Kier molecular flexibility index (Phi) is 5.85. The predicted octanol–water partition coefficient (Wildman–Crippen LogP) is 6.49. The summed E-state index contributed by atoms with van der Waals surface area (Å²) in [6.07, 6.45) is 0. The van der Waals surface area contributed by atoms with E-state index >= 15 is 0 Å². The van der Waals surface area contributed by atoms with Crippen molar-refractivity contribution >= 4 is 28.9 Å². The Morgan fingerprint density at radius 2 is 1.60 bits per heavy atom. The topological polar surface area (TPSA) is 21.3 Å². The molecule has 0 saturated carbocycles. The van der Waals surface area contributed by atoms with Crippen molar-refractivity contribution in [2.45, 2.75) is 20.1 Å². The molecule has 1 N–H and O–H groups in total. The second kappa shape index (κ2) is 8.28. The molecular weight excluding hydrogens is 353 g/mol. The number of benzene rings is 3. The maximum Gasteiger partial charge on any atom is 0.138 e. The Morgan fingerprint density at radius 1 is 0.880 bits per heavy atom. The second-order valence-electron chi connectivity index (χ2n) is 5.85. The fourth-order valence-corrected chi connectivity index (χ4v) is 2.87. The normalized spacial score (nSPS) is 10.5. The third-order valence-corrected chi connectivity index (χ3v) is 4.48. The lowest BCUT2D eigenvalue weighted by Crippen LogP contribution is -2.01. The van der Waals surface area contributed by atoms with Gasteiger partial charge in [-0.15, -0.1) is 0 Å². The standard InChI is InChI=1S/C21H19Cl2NO/c1-15-4-2-3-5-20(15)24-13-17-8-11-21(19(23)12-17)25-14-16-6-9-18(22)10-7-16/h2-12,24H,13-14H2,1H3. The molecule has 0 radical (unpaired) electrons. The van der Waals surface area contributed by atoms with Gasteiger partial charge in [-0.1, -0.05) is 59.6 Å². The van der Waals surface area contributed by atoms with Crippen LogP contribution in [0.3, 0.4) is 0 Å². The first-order valence-electron chi connectivity index (χ1n) is 8.07. The van der Waals surface area contributed by atoms with E-state index in [9.17, 15) is 0 Å². The van der Waals surface area contributed by atoms with E-state index in [1.807, 2.05) is 54.6 Å². The third-order valence-electron chi connectivity index (χ3n) is 3.93. The summed E-state index contributed by atoms with van der Waals surface area (Å²) in [5.74, 6) is 0.677. The second-order valence-corrected chi connectivity index (χ2v) is 6.69. The minimum Gasteiger partial charge on any atom is -0.487 e. The van der Waals surface area contributed by atoms with Crippen molar-refractivity contribution in [2.75, 3.05) is 5.32 Å². The van der Waals surface area contributed by atoms with Gasteiger partial charge in [0.1, 0.15) is 12.4 Å². The van der Waals surface area contributed by atoms with Gasteiger partial charge in [0.15, 0.2) is 0 Å². The molecule has 0 aliphatic heterocycles. The number of aryl methyl sites for hydroxylation is 1. The molecule has 3 aromatic carbocycles. The number of nitrogens with one attached hydrogen (secondary N) is 1. The van der Waals surface area contributed by atoms with Crippen molar-refractivity contribution < 1.29 is 4.74 Å². The number of hydrogen-bond acceptors (Lipinski definition) is 2. The zero-order valence-corrected chi connectivity index (χ0v) is 15.4. The van der Waals surface area contributed by atoms with Crippen LogP contribution in [-0.4, -0.2) is 0 Å². The smallest absolute Gasteiger partial charge is 0.138 e. The Labute approximate surface area is 158 Å². The quantitative estimate of drug-likeness (QED) is 0.534. The first-order chi connectivity index (χ1) is 12.1. The van der Waals surface area contributed by atoms with Crippen molar-refractivity contribution in [2.24, 2.45) is 0 Å². The molecule has 128 valence electrons. The molecule has 0 bridgehead atoms. The summed E-state index contributed by atoms with van der Waals surface area (Å²) in [6.45, 7) is 3.25. The predicted molar refractivity (Wildman–Crippen MR) is 106 cm³/mol. The highest BCUT2D eigenvalue weighted by Crippen LogP contribution is 2.27. The van der Waals surface area contributed by atoms with Crippen LogP contribution in [0.15, 0.2) is 66.7 Å². The van der Waals surface area contributed by atoms with Crippen LogP contribution in [0.4, 0.5) is 5.69 Å². The molecule has 0 fully saturated rings. The molecule has 0 aliphatic carbocycles. The molecule has 0 saturated heterocycles. The van der Waals surface area contributed by atoms with Gasteiger partial charge in [0.25, 0.3) is 0 Å². The van der Waals surface area contributed by atoms with Crippen LogP contribution in [-0.2, 0) is 13.2 Å². The lowest BCUT2D eigenvalue weighted by atomic mass is 10.1. The number of anilines is 1. The number of halogens is 2. The minimum absolute atomic E-state index is 0.456. The minimum atomic E-state index is 0.456. The highest BCUT2D eigenvalue weighted by Gasteiger charge is 2.05. The van der Waals surface area contributed by atoms with E-state index in [4.69, 9.17) is 27.9 Å². The summed E-state index contributed by atoms with van der Waals surface area (Å²) in [5, 5.41) is 4.75. The molecule has 3 rings (SSSR count). The van der Waals surface area contributed by atoms with Gasteiger partial charge < -0.3 is 10.1 Å². The number of ether oxygens (including phenoxy) is 1. The molecule has 0 spiro atoms. The van der Waals surface area contributed by atoms with E-state index in [2.05, 4.69) is 24.4 Å². The maximum absolute atomic E-state index is 6.36. The first kappa shape index (κ1) is 17.7. The molecule has 4 heteroatoms. The van der Waals surface area contributed by atoms with E-state index in [0.29, 0.717) is 28.9 Å². The van der Waals surface area contributed by atoms with E-state index in [0.717, 1.165) is 16.8 Å². The Hall–Kier alpha value is -2.16. The van der Waals surface area contributed by atoms with Gasteiger partial charge in [0, 0.05) is 17.3 Å². The molecule has 0 heterocycles. The SMILES string of the molecule is Cc1ccccc1NCc1ccc(OCc2ccc(Cl)cc2)c(Cl)c1. The van der Waals surface area contributed by atoms with Gasteiger partial charge in [-0.2, -0.15) is 0 Å². The van der Waals surface area contributed by atoms with Gasteiger partial charge >= 0.3 is 0 Å². The summed E-state index contributed by atoms with van der Waals surface area (Å²) in [5.41, 5.74) is 4.50. The fourth-order valence-electron chi connectivity index (χ4n) is 2.48. The van der Waals surface area contributed by atoms with E-state index in [-0.39, 0.29) is 0 Å². The molecule has 0 aliphatic rings. The van der Waals surface area contributed by atoms with Crippen molar-refractivity contribution in [1.82, 2.24) is 0 Å². The zero-order chi connectivity index (χ0) is 17.6. The largest absolute Gasteiger partial charge is 0.487 e. The van der Waals surface area contributed by atoms with Gasteiger partial charge in [0.2, 0.25) is 0 Å².